The molecule has 8 nitrogen and oxygen atoms in total. The van der Waals surface area contributed by atoms with Crippen LogP contribution in [0.15, 0.2) is 78.1 Å². The molecule has 1 aliphatic heterocycles. The number of anilines is 2. The number of rotatable bonds is 5. The monoisotopic (exact) mass is 516 g/mol. The Hall–Kier alpha value is -4.72. The Kier molecular flexibility index (Phi) is 5.92. The van der Waals surface area contributed by atoms with Crippen molar-refractivity contribution in [2.24, 2.45) is 5.92 Å². The summed E-state index contributed by atoms with van der Waals surface area (Å²) in [5.41, 5.74) is 9.38. The Balaban J connectivity index is 1.21. The number of furan rings is 1. The largest absolute Gasteiger partial charge is 0.472 e. The van der Waals surface area contributed by atoms with Crippen molar-refractivity contribution in [3.8, 4) is 22.3 Å². The molecule has 0 saturated heterocycles. The molecular formula is C31H28N6O2. The molecule has 3 N–H and O–H groups in total. The van der Waals surface area contributed by atoms with Crippen molar-refractivity contribution in [1.29, 1.82) is 0 Å². The normalized spacial score (nSPS) is 15.4. The van der Waals surface area contributed by atoms with Crippen LogP contribution in [0.1, 0.15) is 43.5 Å². The first-order valence-electron chi connectivity index (χ1n) is 13.4. The fourth-order valence-corrected chi connectivity index (χ4v) is 5.66. The zero-order chi connectivity index (χ0) is 26.2. The average molecular weight is 517 g/mol. The molecule has 1 aromatic carbocycles. The van der Waals surface area contributed by atoms with Crippen LogP contribution in [-0.4, -0.2) is 32.4 Å². The van der Waals surface area contributed by atoms with Crippen molar-refractivity contribution in [2.75, 3.05) is 17.2 Å². The standard InChI is InChI=1S/C31H28N6O2/c38-31(19-4-2-1-3-5-19)35-23-12-22(14-32-15-23)20-6-7-27-25(13-20)24(8-10-34-27)30-36-28-17-33-16-26(29(28)37-30)21-9-11-39-18-21/h6-9,11-19,34H,1-5,10H2,(H,35,38)(H,36,37). The minimum atomic E-state index is 0.0953. The first-order valence-corrected chi connectivity index (χ1v) is 13.4. The number of carbonyl (C=O) groups excluding carboxylic acids is 1. The number of hydrogen-bond donors (Lipinski definition) is 3. The van der Waals surface area contributed by atoms with E-state index in [0.717, 1.165) is 87.3 Å². The van der Waals surface area contributed by atoms with Crippen LogP contribution in [-0.2, 0) is 4.79 Å². The highest BCUT2D eigenvalue weighted by molar-refractivity contribution is 5.96. The molecule has 0 spiro atoms. The molecule has 8 heteroatoms. The van der Waals surface area contributed by atoms with Gasteiger partial charge in [0.05, 0.1) is 36.1 Å². The molecule has 7 rings (SSSR count). The number of aromatic nitrogens is 4. The van der Waals surface area contributed by atoms with E-state index >= 15 is 0 Å². The van der Waals surface area contributed by atoms with E-state index in [9.17, 15) is 4.79 Å². The zero-order valence-corrected chi connectivity index (χ0v) is 21.4. The number of fused-ring (bicyclic) bond motifs is 2. The van der Waals surface area contributed by atoms with Crippen LogP contribution >= 0.6 is 0 Å². The van der Waals surface area contributed by atoms with E-state index in [-0.39, 0.29) is 11.8 Å². The fourth-order valence-electron chi connectivity index (χ4n) is 5.66. The summed E-state index contributed by atoms with van der Waals surface area (Å²) in [5, 5.41) is 6.56. The predicted octanol–water partition coefficient (Wildman–Crippen LogP) is 6.66. The number of nitrogens with zero attached hydrogens (tertiary/aromatic N) is 3. The average Bonchev–Trinajstić information content (AvgIpc) is 3.68. The van der Waals surface area contributed by atoms with E-state index in [2.05, 4.69) is 49.9 Å². The molecule has 1 amide bonds. The van der Waals surface area contributed by atoms with Gasteiger partial charge in [0.15, 0.2) is 0 Å². The van der Waals surface area contributed by atoms with Gasteiger partial charge >= 0.3 is 0 Å². The fraction of sp³-hybridized carbons (Fsp3) is 0.226. The van der Waals surface area contributed by atoms with Gasteiger partial charge in [-0.1, -0.05) is 31.4 Å². The van der Waals surface area contributed by atoms with E-state index in [0.29, 0.717) is 6.54 Å². The molecule has 4 aromatic heterocycles. The van der Waals surface area contributed by atoms with Crippen LogP contribution in [0.3, 0.4) is 0 Å². The zero-order valence-electron chi connectivity index (χ0n) is 21.4. The number of amides is 1. The maximum Gasteiger partial charge on any atom is 0.227 e. The molecule has 1 saturated carbocycles. The van der Waals surface area contributed by atoms with Crippen LogP contribution in [0, 0.1) is 5.92 Å². The van der Waals surface area contributed by atoms with Gasteiger partial charge in [0.1, 0.15) is 11.3 Å². The van der Waals surface area contributed by atoms with Crippen LogP contribution in [0.25, 0.3) is 38.9 Å². The van der Waals surface area contributed by atoms with Crippen molar-refractivity contribution in [3.63, 3.8) is 0 Å². The van der Waals surface area contributed by atoms with Gasteiger partial charge in [-0.15, -0.1) is 0 Å². The van der Waals surface area contributed by atoms with Crippen molar-refractivity contribution in [3.05, 3.63) is 85.1 Å². The molecule has 0 atom stereocenters. The van der Waals surface area contributed by atoms with E-state index < -0.39 is 0 Å². The topological polar surface area (TPSA) is 109 Å². The summed E-state index contributed by atoms with van der Waals surface area (Å²) < 4.78 is 5.29. The molecule has 194 valence electrons. The summed E-state index contributed by atoms with van der Waals surface area (Å²) in [6.45, 7) is 0.704. The van der Waals surface area contributed by atoms with Crippen molar-refractivity contribution in [1.82, 2.24) is 19.9 Å². The highest BCUT2D eigenvalue weighted by Gasteiger charge is 2.22. The number of hydrogen-bond acceptors (Lipinski definition) is 6. The van der Waals surface area contributed by atoms with Crippen molar-refractivity contribution < 1.29 is 9.21 Å². The molecule has 39 heavy (non-hydrogen) atoms. The minimum Gasteiger partial charge on any atom is -0.472 e. The summed E-state index contributed by atoms with van der Waals surface area (Å²) in [5.74, 6) is 0.981. The number of H-pyrrole nitrogens is 1. The van der Waals surface area contributed by atoms with Crippen LogP contribution < -0.4 is 10.6 Å². The van der Waals surface area contributed by atoms with Gasteiger partial charge in [-0.3, -0.25) is 14.8 Å². The summed E-state index contributed by atoms with van der Waals surface area (Å²) >= 11 is 0. The third kappa shape index (κ3) is 4.48. The Morgan fingerprint density at radius 1 is 0.923 bits per heavy atom. The second-order valence-electron chi connectivity index (χ2n) is 10.2. The summed E-state index contributed by atoms with van der Waals surface area (Å²) in [6, 6.07) is 10.2. The number of pyridine rings is 2. The highest BCUT2D eigenvalue weighted by Crippen LogP contribution is 2.37. The molecule has 0 radical (unpaired) electrons. The Bertz CT molecular complexity index is 1700. The maximum atomic E-state index is 12.8. The summed E-state index contributed by atoms with van der Waals surface area (Å²) in [4.78, 5) is 30.1. The van der Waals surface area contributed by atoms with Gasteiger partial charge in [-0.2, -0.15) is 0 Å². The van der Waals surface area contributed by atoms with Crippen LogP contribution in [0.5, 0.6) is 0 Å². The van der Waals surface area contributed by atoms with Crippen molar-refractivity contribution in [2.45, 2.75) is 32.1 Å². The third-order valence-electron chi connectivity index (χ3n) is 7.71. The number of nitrogens with one attached hydrogen (secondary N) is 3. The second-order valence-corrected chi connectivity index (χ2v) is 10.2. The third-order valence-corrected chi connectivity index (χ3v) is 7.71. The van der Waals surface area contributed by atoms with E-state index in [1.807, 2.05) is 24.5 Å². The SMILES string of the molecule is O=C(Nc1cncc(-c2ccc3c(c2)C(c2nc4c(-c5ccoc5)cncc4[nH]2)=CCN3)c1)C1CCCCC1. The molecule has 1 aliphatic carbocycles. The first-order chi connectivity index (χ1) is 19.2. The number of aromatic amines is 1. The number of carbonyl (C=O) groups is 1. The van der Waals surface area contributed by atoms with Gasteiger partial charge in [-0.25, -0.2) is 4.98 Å². The number of imidazole rings is 1. The first kappa shape index (κ1) is 23.4. The van der Waals surface area contributed by atoms with Crippen molar-refractivity contribution >= 4 is 33.9 Å². The quantitative estimate of drug-likeness (QED) is 0.241. The lowest BCUT2D eigenvalue weighted by Crippen LogP contribution is -2.24. The van der Waals surface area contributed by atoms with E-state index in [1.165, 1.54) is 6.42 Å². The minimum absolute atomic E-state index is 0.0953. The molecular weight excluding hydrogens is 488 g/mol. The Morgan fingerprint density at radius 3 is 2.69 bits per heavy atom. The maximum absolute atomic E-state index is 12.8. The van der Waals surface area contributed by atoms with Gasteiger partial charge in [-0.05, 0) is 42.7 Å². The lowest BCUT2D eigenvalue weighted by Gasteiger charge is -2.21. The highest BCUT2D eigenvalue weighted by atomic mass is 16.3. The van der Waals surface area contributed by atoms with Gasteiger partial charge in [0, 0.05) is 58.4 Å². The second kappa shape index (κ2) is 9.87. The lowest BCUT2D eigenvalue weighted by atomic mass is 9.88. The molecule has 2 aliphatic rings. The van der Waals surface area contributed by atoms with Crippen LogP contribution in [0.4, 0.5) is 11.4 Å². The molecule has 1 fully saturated rings. The molecule has 0 bridgehead atoms. The molecule has 0 unspecified atom stereocenters. The Labute approximate surface area is 225 Å². The summed E-state index contributed by atoms with van der Waals surface area (Å²) in [6.07, 6.45) is 18.1. The molecule has 5 heterocycles. The van der Waals surface area contributed by atoms with E-state index in [1.54, 1.807) is 24.9 Å². The van der Waals surface area contributed by atoms with E-state index in [4.69, 9.17) is 9.40 Å². The smallest absolute Gasteiger partial charge is 0.227 e. The predicted molar refractivity (Wildman–Crippen MR) is 152 cm³/mol. The van der Waals surface area contributed by atoms with Gasteiger partial charge in [0.2, 0.25) is 5.91 Å². The van der Waals surface area contributed by atoms with Gasteiger partial charge in [0.25, 0.3) is 0 Å². The Morgan fingerprint density at radius 2 is 1.82 bits per heavy atom. The lowest BCUT2D eigenvalue weighted by molar-refractivity contribution is -0.120. The molecule has 5 aromatic rings. The number of benzene rings is 1. The van der Waals surface area contributed by atoms with Gasteiger partial charge < -0.3 is 20.0 Å². The van der Waals surface area contributed by atoms with Crippen LogP contribution in [0.2, 0.25) is 0 Å². The summed E-state index contributed by atoms with van der Waals surface area (Å²) in [7, 11) is 0.